The lowest BCUT2D eigenvalue weighted by atomic mass is 10.1. The molecule has 0 spiro atoms. The third-order valence-corrected chi connectivity index (χ3v) is 4.90. The molecule has 7 heteroatoms. The van der Waals surface area contributed by atoms with Gasteiger partial charge in [0, 0.05) is 18.8 Å². The lowest BCUT2D eigenvalue weighted by molar-refractivity contribution is 0.200. The van der Waals surface area contributed by atoms with Gasteiger partial charge in [0.2, 0.25) is 10.0 Å². The number of benzene rings is 1. The molecule has 0 atom stereocenters. The highest BCUT2D eigenvalue weighted by atomic mass is 32.2. The first-order chi connectivity index (χ1) is 9.36. The summed E-state index contributed by atoms with van der Waals surface area (Å²) < 4.78 is 22.5. The van der Waals surface area contributed by atoms with Gasteiger partial charge in [-0.2, -0.15) is 0 Å². The molecule has 3 N–H and O–H groups in total. The molecule has 1 aromatic carbocycles. The number of likely N-dealkylation sites (tertiary alicyclic amines) is 1. The highest BCUT2D eigenvalue weighted by Gasteiger charge is 2.29. The second-order valence-electron chi connectivity index (χ2n) is 5.07. The van der Waals surface area contributed by atoms with Crippen molar-refractivity contribution in [2.75, 3.05) is 18.4 Å². The molecule has 20 heavy (non-hydrogen) atoms. The van der Waals surface area contributed by atoms with Crippen LogP contribution in [0.3, 0.4) is 0 Å². The number of aryl methyl sites for hydroxylation is 1. The van der Waals surface area contributed by atoms with E-state index >= 15 is 0 Å². The van der Waals surface area contributed by atoms with Crippen molar-refractivity contribution < 1.29 is 13.2 Å². The van der Waals surface area contributed by atoms with Gasteiger partial charge in [0.05, 0.1) is 5.25 Å². The Labute approximate surface area is 119 Å². The van der Waals surface area contributed by atoms with Crippen molar-refractivity contribution >= 4 is 21.7 Å². The van der Waals surface area contributed by atoms with Crippen molar-refractivity contribution in [3.8, 4) is 0 Å². The fourth-order valence-electron chi connectivity index (χ4n) is 2.23. The summed E-state index contributed by atoms with van der Waals surface area (Å²) in [5, 5.41) is 7.39. The van der Waals surface area contributed by atoms with Gasteiger partial charge in [-0.05, 0) is 31.9 Å². The monoisotopic (exact) mass is 297 g/mol. The predicted molar refractivity (Wildman–Crippen MR) is 77.9 cm³/mol. The van der Waals surface area contributed by atoms with Crippen LogP contribution in [0.25, 0.3) is 0 Å². The van der Waals surface area contributed by atoms with E-state index in [4.69, 9.17) is 5.14 Å². The van der Waals surface area contributed by atoms with E-state index in [0.29, 0.717) is 25.9 Å². The zero-order chi connectivity index (χ0) is 14.8. The van der Waals surface area contributed by atoms with Crippen molar-refractivity contribution in [1.29, 1.82) is 0 Å². The van der Waals surface area contributed by atoms with E-state index in [1.54, 1.807) is 4.90 Å². The first kappa shape index (κ1) is 14.8. The van der Waals surface area contributed by atoms with Crippen molar-refractivity contribution in [3.63, 3.8) is 0 Å². The fraction of sp³-hybridized carbons (Fsp3) is 0.462. The molecule has 2 rings (SSSR count). The molecule has 0 radical (unpaired) electrons. The molecule has 1 aromatic rings. The van der Waals surface area contributed by atoms with Crippen LogP contribution in [0.1, 0.15) is 18.4 Å². The Morgan fingerprint density at radius 1 is 1.25 bits per heavy atom. The van der Waals surface area contributed by atoms with Crippen LogP contribution in [-0.2, 0) is 10.0 Å². The number of nitrogens with zero attached hydrogens (tertiary/aromatic N) is 1. The van der Waals surface area contributed by atoms with Crippen LogP contribution in [0, 0.1) is 6.92 Å². The maximum Gasteiger partial charge on any atom is 0.321 e. The van der Waals surface area contributed by atoms with E-state index < -0.39 is 15.3 Å². The first-order valence-electron chi connectivity index (χ1n) is 6.50. The molecule has 1 aliphatic rings. The fourth-order valence-corrected chi connectivity index (χ4v) is 3.09. The zero-order valence-electron chi connectivity index (χ0n) is 11.4. The third-order valence-electron chi connectivity index (χ3n) is 3.50. The number of carbonyl (C=O) groups is 1. The Morgan fingerprint density at radius 2 is 1.80 bits per heavy atom. The number of rotatable bonds is 2. The quantitative estimate of drug-likeness (QED) is 0.861. The summed E-state index contributed by atoms with van der Waals surface area (Å²) in [7, 11) is -3.50. The van der Waals surface area contributed by atoms with Crippen molar-refractivity contribution in [3.05, 3.63) is 29.8 Å². The van der Waals surface area contributed by atoms with Gasteiger partial charge in [0.1, 0.15) is 0 Å². The van der Waals surface area contributed by atoms with Crippen LogP contribution in [0.2, 0.25) is 0 Å². The number of carbonyl (C=O) groups excluding carboxylic acids is 1. The second kappa shape index (κ2) is 5.80. The highest BCUT2D eigenvalue weighted by Crippen LogP contribution is 2.17. The Balaban J connectivity index is 1.90. The highest BCUT2D eigenvalue weighted by molar-refractivity contribution is 7.89. The van der Waals surface area contributed by atoms with Crippen molar-refractivity contribution in [2.24, 2.45) is 5.14 Å². The molecule has 2 amide bonds. The summed E-state index contributed by atoms with van der Waals surface area (Å²) in [5.74, 6) is 0. The minimum absolute atomic E-state index is 0.207. The van der Waals surface area contributed by atoms with E-state index in [1.165, 1.54) is 0 Å². The van der Waals surface area contributed by atoms with Gasteiger partial charge in [0.25, 0.3) is 0 Å². The van der Waals surface area contributed by atoms with E-state index in [9.17, 15) is 13.2 Å². The summed E-state index contributed by atoms with van der Waals surface area (Å²) in [6.45, 7) is 2.78. The van der Waals surface area contributed by atoms with E-state index in [-0.39, 0.29) is 6.03 Å². The Hall–Kier alpha value is -1.60. The summed E-state index contributed by atoms with van der Waals surface area (Å²) in [4.78, 5) is 13.7. The Bertz CT molecular complexity index is 575. The van der Waals surface area contributed by atoms with E-state index in [1.807, 2.05) is 31.2 Å². The average Bonchev–Trinajstić information content (AvgIpc) is 2.40. The number of anilines is 1. The van der Waals surface area contributed by atoms with Gasteiger partial charge < -0.3 is 10.2 Å². The maximum atomic E-state index is 12.0. The number of nitrogens with one attached hydrogen (secondary N) is 1. The number of amides is 2. The smallest absolute Gasteiger partial charge is 0.321 e. The lowest BCUT2D eigenvalue weighted by Crippen LogP contribution is -2.45. The van der Waals surface area contributed by atoms with Gasteiger partial charge in [0.15, 0.2) is 0 Å². The number of piperidine rings is 1. The molecule has 1 fully saturated rings. The molecule has 0 aromatic heterocycles. The van der Waals surface area contributed by atoms with Crippen LogP contribution in [0.15, 0.2) is 24.3 Å². The molecule has 110 valence electrons. The molecular formula is C13H19N3O3S. The molecule has 0 saturated carbocycles. The number of urea groups is 1. The molecule has 1 saturated heterocycles. The minimum atomic E-state index is -3.50. The molecular weight excluding hydrogens is 278 g/mol. The Kier molecular flexibility index (Phi) is 4.29. The summed E-state index contributed by atoms with van der Waals surface area (Å²) in [6.07, 6.45) is 0.778. The summed E-state index contributed by atoms with van der Waals surface area (Å²) in [5.41, 5.74) is 1.85. The molecule has 1 aliphatic heterocycles. The van der Waals surface area contributed by atoms with Crippen molar-refractivity contribution in [2.45, 2.75) is 25.0 Å². The van der Waals surface area contributed by atoms with Gasteiger partial charge in [-0.15, -0.1) is 0 Å². The molecule has 1 heterocycles. The number of sulfonamides is 1. The molecule has 0 unspecified atom stereocenters. The lowest BCUT2D eigenvalue weighted by Gasteiger charge is -2.30. The number of hydrogen-bond acceptors (Lipinski definition) is 3. The minimum Gasteiger partial charge on any atom is -0.324 e. The molecule has 0 aliphatic carbocycles. The number of hydrogen-bond donors (Lipinski definition) is 2. The summed E-state index contributed by atoms with van der Waals surface area (Å²) >= 11 is 0. The zero-order valence-corrected chi connectivity index (χ0v) is 12.2. The SMILES string of the molecule is Cc1ccc(NC(=O)N2CCC(S(N)(=O)=O)CC2)cc1. The Morgan fingerprint density at radius 3 is 2.30 bits per heavy atom. The van der Waals surface area contributed by atoms with Crippen LogP contribution in [-0.4, -0.2) is 37.7 Å². The maximum absolute atomic E-state index is 12.0. The van der Waals surface area contributed by atoms with Gasteiger partial charge >= 0.3 is 6.03 Å². The number of nitrogens with two attached hydrogens (primary N) is 1. The van der Waals surface area contributed by atoms with E-state index in [0.717, 1.165) is 11.3 Å². The molecule has 6 nitrogen and oxygen atoms in total. The third kappa shape index (κ3) is 3.71. The molecule has 0 bridgehead atoms. The standard InChI is InChI=1S/C13H19N3O3S/c1-10-2-4-11(5-3-10)15-13(17)16-8-6-12(7-9-16)20(14,18)19/h2-5,12H,6-9H2,1H3,(H,15,17)(H2,14,18,19). The van der Waals surface area contributed by atoms with Crippen molar-refractivity contribution in [1.82, 2.24) is 4.90 Å². The topological polar surface area (TPSA) is 92.5 Å². The predicted octanol–water partition coefficient (Wildman–Crippen LogP) is 1.28. The normalized spacial score (nSPS) is 17.0. The van der Waals surface area contributed by atoms with Crippen LogP contribution in [0.4, 0.5) is 10.5 Å². The average molecular weight is 297 g/mol. The largest absolute Gasteiger partial charge is 0.324 e. The van der Waals surface area contributed by atoms with Crippen LogP contribution < -0.4 is 10.5 Å². The van der Waals surface area contributed by atoms with Gasteiger partial charge in [-0.3, -0.25) is 0 Å². The van der Waals surface area contributed by atoms with E-state index in [2.05, 4.69) is 5.32 Å². The van der Waals surface area contributed by atoms with Crippen LogP contribution >= 0.6 is 0 Å². The van der Waals surface area contributed by atoms with Crippen LogP contribution in [0.5, 0.6) is 0 Å². The summed E-state index contributed by atoms with van der Waals surface area (Å²) in [6, 6.07) is 7.31. The second-order valence-corrected chi connectivity index (χ2v) is 6.92. The first-order valence-corrected chi connectivity index (χ1v) is 8.11. The van der Waals surface area contributed by atoms with Gasteiger partial charge in [-0.25, -0.2) is 18.4 Å². The van der Waals surface area contributed by atoms with Gasteiger partial charge in [-0.1, -0.05) is 17.7 Å². The number of primary sulfonamides is 1.